The fraction of sp³-hybridized carbons (Fsp3) is 0.286. The average Bonchev–Trinajstić information content (AvgIpc) is 1.81. The summed E-state index contributed by atoms with van der Waals surface area (Å²) in [6, 6.07) is 0. The topological polar surface area (TPSA) is 0 Å². The van der Waals surface area contributed by atoms with Gasteiger partial charge in [0, 0.05) is 5.54 Å². The third-order valence-electron chi connectivity index (χ3n) is 0.690. The van der Waals surface area contributed by atoms with Crippen LogP contribution in [0.1, 0.15) is 13.3 Å². The molecule has 1 heteroatoms. The quantitative estimate of drug-likeness (QED) is 0.514. The van der Waals surface area contributed by atoms with E-state index in [-0.39, 0.29) is 0 Å². The van der Waals surface area contributed by atoms with E-state index in [1.165, 1.54) is 5.54 Å². The Balaban J connectivity index is 2.93. The van der Waals surface area contributed by atoms with Gasteiger partial charge >= 0.3 is 0 Å². The molecular weight excluding hydrogens is 120 g/mol. The van der Waals surface area contributed by atoms with Gasteiger partial charge in [0.15, 0.2) is 0 Å². The SMILES string of the molecule is C/C=C/[CH]C/C=C/Cl. The van der Waals surface area contributed by atoms with E-state index in [0.717, 1.165) is 6.42 Å². The number of unbranched alkanes of at least 4 members (excludes halogenated alkanes) is 1. The first-order chi connectivity index (χ1) is 3.91. The molecule has 0 aliphatic carbocycles. The molecule has 0 atom stereocenters. The largest absolute Gasteiger partial charge is 0.0933 e. The van der Waals surface area contributed by atoms with E-state index in [1.54, 1.807) is 0 Å². The molecule has 0 heterocycles. The molecule has 0 bridgehead atoms. The lowest BCUT2D eigenvalue weighted by Gasteiger charge is -1.79. The maximum atomic E-state index is 5.26. The smallest absolute Gasteiger partial charge is 0.000267 e. The van der Waals surface area contributed by atoms with Crippen LogP contribution in [0.3, 0.4) is 0 Å². The second-order valence-corrected chi connectivity index (χ2v) is 1.61. The first-order valence-electron chi connectivity index (χ1n) is 2.61. The fourth-order valence-corrected chi connectivity index (χ4v) is 0.448. The zero-order valence-electron chi connectivity index (χ0n) is 4.97. The molecule has 0 aliphatic rings. The Hall–Kier alpha value is -0.230. The Kier molecular flexibility index (Phi) is 6.58. The minimum Gasteiger partial charge on any atom is -0.0933 e. The Morgan fingerprint density at radius 3 is 2.75 bits per heavy atom. The summed E-state index contributed by atoms with van der Waals surface area (Å²) in [4.78, 5) is 0. The van der Waals surface area contributed by atoms with Crippen molar-refractivity contribution in [3.63, 3.8) is 0 Å². The minimum absolute atomic E-state index is 0.924. The van der Waals surface area contributed by atoms with Crippen molar-refractivity contribution in [2.24, 2.45) is 0 Å². The standard InChI is InChI=1S/C7H10Cl/c1-2-3-4-5-6-7-8/h2-4,6-7H,5H2,1H3/b3-2+,7-6+. The lowest BCUT2D eigenvalue weighted by Crippen LogP contribution is -1.61. The lowest BCUT2D eigenvalue weighted by molar-refractivity contribution is 1.29. The second-order valence-electron chi connectivity index (χ2n) is 1.36. The lowest BCUT2D eigenvalue weighted by atomic mass is 10.3. The molecule has 0 aliphatic heterocycles. The van der Waals surface area contributed by atoms with Gasteiger partial charge in [0.05, 0.1) is 0 Å². The van der Waals surface area contributed by atoms with Gasteiger partial charge in [-0.25, -0.2) is 0 Å². The van der Waals surface area contributed by atoms with Gasteiger partial charge in [0.1, 0.15) is 0 Å². The Bertz CT molecular complexity index is 70.4. The molecule has 0 spiro atoms. The highest BCUT2D eigenvalue weighted by Gasteiger charge is 1.71. The molecule has 0 fully saturated rings. The molecular formula is C7H10Cl. The summed E-state index contributed by atoms with van der Waals surface area (Å²) in [6.45, 7) is 1.99. The fourth-order valence-electron chi connectivity index (χ4n) is 0.345. The Labute approximate surface area is 55.9 Å². The third-order valence-corrected chi connectivity index (χ3v) is 0.868. The first-order valence-corrected chi connectivity index (χ1v) is 3.05. The molecule has 0 nitrogen and oxygen atoms in total. The van der Waals surface area contributed by atoms with Gasteiger partial charge < -0.3 is 0 Å². The molecule has 0 aromatic carbocycles. The summed E-state index contributed by atoms with van der Waals surface area (Å²) in [7, 11) is 0. The molecule has 0 rings (SSSR count). The molecule has 0 aromatic heterocycles. The second kappa shape index (κ2) is 6.77. The van der Waals surface area contributed by atoms with Crippen molar-refractivity contribution in [2.75, 3.05) is 0 Å². The predicted molar refractivity (Wildman–Crippen MR) is 38.7 cm³/mol. The van der Waals surface area contributed by atoms with Crippen molar-refractivity contribution in [1.82, 2.24) is 0 Å². The van der Waals surface area contributed by atoms with Crippen LogP contribution in [0.25, 0.3) is 0 Å². The van der Waals surface area contributed by atoms with Gasteiger partial charge in [0.25, 0.3) is 0 Å². The monoisotopic (exact) mass is 129 g/mol. The normalized spacial score (nSPS) is 11.8. The van der Waals surface area contributed by atoms with Crippen molar-refractivity contribution in [3.05, 3.63) is 30.2 Å². The zero-order valence-corrected chi connectivity index (χ0v) is 5.73. The summed E-state index contributed by atoms with van der Waals surface area (Å²) in [5, 5.41) is 0. The van der Waals surface area contributed by atoms with Crippen LogP contribution in [0.5, 0.6) is 0 Å². The van der Waals surface area contributed by atoms with Crippen LogP contribution in [0.4, 0.5) is 0 Å². The average molecular weight is 130 g/mol. The number of rotatable bonds is 3. The van der Waals surface area contributed by atoms with Crippen LogP contribution in [-0.4, -0.2) is 0 Å². The van der Waals surface area contributed by atoms with E-state index in [4.69, 9.17) is 11.6 Å². The van der Waals surface area contributed by atoms with Crippen molar-refractivity contribution in [1.29, 1.82) is 0 Å². The van der Waals surface area contributed by atoms with E-state index >= 15 is 0 Å². The predicted octanol–water partition coefficient (Wildman–Crippen LogP) is 2.91. The van der Waals surface area contributed by atoms with E-state index < -0.39 is 0 Å². The summed E-state index contributed by atoms with van der Waals surface area (Å²) in [6.07, 6.45) is 8.84. The van der Waals surface area contributed by atoms with Gasteiger partial charge in [-0.2, -0.15) is 0 Å². The molecule has 0 N–H and O–H groups in total. The van der Waals surface area contributed by atoms with Crippen LogP contribution >= 0.6 is 11.6 Å². The highest BCUT2D eigenvalue weighted by Crippen LogP contribution is 1.91. The van der Waals surface area contributed by atoms with E-state index in [9.17, 15) is 0 Å². The highest BCUT2D eigenvalue weighted by molar-refractivity contribution is 6.25. The number of hydrogen-bond donors (Lipinski definition) is 0. The van der Waals surface area contributed by atoms with Crippen LogP contribution in [0.15, 0.2) is 23.8 Å². The van der Waals surface area contributed by atoms with Gasteiger partial charge in [-0.3, -0.25) is 0 Å². The zero-order chi connectivity index (χ0) is 6.24. The molecule has 1 radical (unpaired) electrons. The van der Waals surface area contributed by atoms with Crippen molar-refractivity contribution >= 4 is 11.6 Å². The van der Waals surface area contributed by atoms with Gasteiger partial charge in [-0.1, -0.05) is 29.8 Å². The Morgan fingerprint density at radius 1 is 1.50 bits per heavy atom. The molecule has 0 amide bonds. The van der Waals surface area contributed by atoms with E-state index in [2.05, 4.69) is 0 Å². The van der Waals surface area contributed by atoms with Crippen LogP contribution < -0.4 is 0 Å². The summed E-state index contributed by atoms with van der Waals surface area (Å²) >= 11 is 5.26. The maximum Gasteiger partial charge on any atom is 0.000267 e. The van der Waals surface area contributed by atoms with Gasteiger partial charge in [0.2, 0.25) is 0 Å². The number of allylic oxidation sites excluding steroid dienone is 3. The Morgan fingerprint density at radius 2 is 2.25 bits per heavy atom. The van der Waals surface area contributed by atoms with Crippen LogP contribution in [0, 0.1) is 6.42 Å². The summed E-state index contributed by atoms with van der Waals surface area (Å²) in [5.41, 5.74) is 1.53. The summed E-state index contributed by atoms with van der Waals surface area (Å²) < 4.78 is 0. The number of hydrogen-bond acceptors (Lipinski definition) is 0. The molecule has 0 saturated heterocycles. The molecule has 0 aromatic rings. The maximum absolute atomic E-state index is 5.26. The minimum atomic E-state index is 0.924. The highest BCUT2D eigenvalue weighted by atomic mass is 35.5. The van der Waals surface area contributed by atoms with Crippen LogP contribution in [-0.2, 0) is 0 Å². The molecule has 45 valence electrons. The van der Waals surface area contributed by atoms with Crippen molar-refractivity contribution in [2.45, 2.75) is 13.3 Å². The van der Waals surface area contributed by atoms with Crippen molar-refractivity contribution < 1.29 is 0 Å². The first kappa shape index (κ1) is 7.77. The summed E-state index contributed by atoms with van der Waals surface area (Å²) in [5.74, 6) is 0. The van der Waals surface area contributed by atoms with Crippen LogP contribution in [0.2, 0.25) is 0 Å². The van der Waals surface area contributed by atoms with Crippen molar-refractivity contribution in [3.8, 4) is 0 Å². The molecule has 0 unspecified atom stereocenters. The molecule has 8 heavy (non-hydrogen) atoms. The number of halogens is 1. The van der Waals surface area contributed by atoms with Gasteiger partial charge in [-0.05, 0) is 19.8 Å². The third kappa shape index (κ3) is 5.77. The van der Waals surface area contributed by atoms with Gasteiger partial charge in [-0.15, -0.1) is 0 Å². The van der Waals surface area contributed by atoms with E-state index in [0.29, 0.717) is 0 Å². The van der Waals surface area contributed by atoms with E-state index in [1.807, 2.05) is 31.6 Å². The molecule has 0 saturated carbocycles.